The Kier molecular flexibility index (Phi) is 6.04. The molecule has 1 heteroatoms. The molecule has 0 heterocycles. The van der Waals surface area contributed by atoms with Gasteiger partial charge in [0.15, 0.2) is 5.78 Å². The molecule has 1 aromatic rings. The van der Waals surface area contributed by atoms with Crippen LogP contribution < -0.4 is 0 Å². The van der Waals surface area contributed by atoms with Crippen LogP contribution in [0.2, 0.25) is 0 Å². The van der Waals surface area contributed by atoms with Gasteiger partial charge in [-0.05, 0) is 30.7 Å². The summed E-state index contributed by atoms with van der Waals surface area (Å²) in [5, 5.41) is 0. The van der Waals surface area contributed by atoms with E-state index in [0.29, 0.717) is 18.1 Å². The Hall–Kier alpha value is -1.37. The maximum absolute atomic E-state index is 12.5. The third-order valence-corrected chi connectivity index (χ3v) is 4.19. The Labute approximate surface area is 123 Å². The SMILES string of the molecule is CCCCC(=O)/C(=C/C1CCCCC1)c1ccccc1. The van der Waals surface area contributed by atoms with Crippen LogP contribution in [-0.2, 0) is 4.79 Å². The summed E-state index contributed by atoms with van der Waals surface area (Å²) in [4.78, 5) is 12.5. The lowest BCUT2D eigenvalue weighted by atomic mass is 9.85. The number of benzene rings is 1. The monoisotopic (exact) mass is 270 g/mol. The quantitative estimate of drug-likeness (QED) is 0.632. The number of Topliss-reactive ketones (excluding diaryl/α,β-unsaturated/α-hetero) is 1. The standard InChI is InChI=1S/C19H26O/c1-2-3-14-19(20)18(17-12-8-5-9-13-17)15-16-10-6-4-7-11-16/h5,8-9,12-13,15-16H,2-4,6-7,10-11,14H2,1H3/b18-15+. The summed E-state index contributed by atoms with van der Waals surface area (Å²) in [6.07, 6.45) is 11.5. The van der Waals surface area contributed by atoms with Crippen molar-refractivity contribution in [3.8, 4) is 0 Å². The molecule has 1 aliphatic rings. The highest BCUT2D eigenvalue weighted by atomic mass is 16.1. The van der Waals surface area contributed by atoms with Gasteiger partial charge in [0.25, 0.3) is 0 Å². The molecule has 1 nitrogen and oxygen atoms in total. The van der Waals surface area contributed by atoms with Crippen LogP contribution in [0.25, 0.3) is 5.57 Å². The zero-order valence-corrected chi connectivity index (χ0v) is 12.6. The number of carbonyl (C=O) groups is 1. The number of ketones is 1. The summed E-state index contributed by atoms with van der Waals surface area (Å²) < 4.78 is 0. The zero-order valence-electron chi connectivity index (χ0n) is 12.6. The second kappa shape index (κ2) is 8.04. The third kappa shape index (κ3) is 4.33. The zero-order chi connectivity index (χ0) is 14.2. The predicted octanol–water partition coefficient (Wildman–Crippen LogP) is 5.41. The molecule has 108 valence electrons. The third-order valence-electron chi connectivity index (χ3n) is 4.19. The van der Waals surface area contributed by atoms with E-state index >= 15 is 0 Å². The summed E-state index contributed by atoms with van der Waals surface area (Å²) in [6, 6.07) is 10.2. The molecule has 0 spiro atoms. The minimum absolute atomic E-state index is 0.323. The molecule has 0 saturated heterocycles. The molecule has 1 fully saturated rings. The number of hydrogen-bond donors (Lipinski definition) is 0. The van der Waals surface area contributed by atoms with E-state index in [2.05, 4.69) is 25.1 Å². The van der Waals surface area contributed by atoms with Gasteiger partial charge in [0, 0.05) is 12.0 Å². The number of carbonyl (C=O) groups excluding carboxylic acids is 1. The van der Waals surface area contributed by atoms with Gasteiger partial charge in [0.2, 0.25) is 0 Å². The Morgan fingerprint density at radius 2 is 1.85 bits per heavy atom. The molecular formula is C19H26O. The molecule has 0 aliphatic heterocycles. The summed E-state index contributed by atoms with van der Waals surface area (Å²) in [7, 11) is 0. The number of unbranched alkanes of at least 4 members (excludes halogenated alkanes) is 1. The minimum Gasteiger partial charge on any atom is -0.294 e. The van der Waals surface area contributed by atoms with E-state index < -0.39 is 0 Å². The van der Waals surface area contributed by atoms with Crippen molar-refractivity contribution in [1.82, 2.24) is 0 Å². The lowest BCUT2D eigenvalue weighted by Gasteiger charge is -2.19. The van der Waals surface area contributed by atoms with Crippen LogP contribution >= 0.6 is 0 Å². The molecule has 0 N–H and O–H groups in total. The van der Waals surface area contributed by atoms with Crippen molar-refractivity contribution >= 4 is 11.4 Å². The van der Waals surface area contributed by atoms with Gasteiger partial charge < -0.3 is 0 Å². The Balaban J connectivity index is 2.19. The molecule has 1 saturated carbocycles. The van der Waals surface area contributed by atoms with Crippen molar-refractivity contribution in [2.24, 2.45) is 5.92 Å². The van der Waals surface area contributed by atoms with Crippen molar-refractivity contribution in [2.45, 2.75) is 58.3 Å². The summed E-state index contributed by atoms with van der Waals surface area (Å²) in [5.41, 5.74) is 2.06. The van der Waals surface area contributed by atoms with Crippen LogP contribution in [0.3, 0.4) is 0 Å². The van der Waals surface area contributed by atoms with Crippen LogP contribution in [0.4, 0.5) is 0 Å². The Morgan fingerprint density at radius 3 is 2.50 bits per heavy atom. The first-order valence-electron chi connectivity index (χ1n) is 8.11. The van der Waals surface area contributed by atoms with Crippen LogP contribution in [0.1, 0.15) is 63.9 Å². The second-order valence-electron chi connectivity index (χ2n) is 5.87. The van der Waals surface area contributed by atoms with Crippen molar-refractivity contribution in [1.29, 1.82) is 0 Å². The van der Waals surface area contributed by atoms with Gasteiger partial charge in [0.1, 0.15) is 0 Å². The van der Waals surface area contributed by atoms with Crippen LogP contribution in [-0.4, -0.2) is 5.78 Å². The van der Waals surface area contributed by atoms with Gasteiger partial charge in [0.05, 0.1) is 0 Å². The van der Waals surface area contributed by atoms with E-state index in [1.807, 2.05) is 18.2 Å². The van der Waals surface area contributed by atoms with Gasteiger partial charge in [-0.25, -0.2) is 0 Å². The maximum Gasteiger partial charge on any atom is 0.163 e. The molecule has 0 aromatic heterocycles. The van der Waals surface area contributed by atoms with Crippen LogP contribution in [0.5, 0.6) is 0 Å². The van der Waals surface area contributed by atoms with E-state index in [1.165, 1.54) is 32.1 Å². The predicted molar refractivity (Wildman–Crippen MR) is 85.5 cm³/mol. The topological polar surface area (TPSA) is 17.1 Å². The molecule has 0 unspecified atom stereocenters. The van der Waals surface area contributed by atoms with Crippen molar-refractivity contribution in [3.63, 3.8) is 0 Å². The van der Waals surface area contributed by atoms with Gasteiger partial charge in [-0.15, -0.1) is 0 Å². The van der Waals surface area contributed by atoms with E-state index in [4.69, 9.17) is 0 Å². The lowest BCUT2D eigenvalue weighted by Crippen LogP contribution is -2.08. The van der Waals surface area contributed by atoms with Gasteiger partial charge in [-0.2, -0.15) is 0 Å². The van der Waals surface area contributed by atoms with Crippen LogP contribution in [0, 0.1) is 5.92 Å². The van der Waals surface area contributed by atoms with Crippen molar-refractivity contribution < 1.29 is 4.79 Å². The number of allylic oxidation sites excluding steroid dienone is 2. The fourth-order valence-corrected chi connectivity index (χ4v) is 2.98. The molecule has 0 bridgehead atoms. The van der Waals surface area contributed by atoms with E-state index in [-0.39, 0.29) is 0 Å². The highest BCUT2D eigenvalue weighted by molar-refractivity contribution is 6.20. The van der Waals surface area contributed by atoms with Gasteiger partial charge in [-0.3, -0.25) is 4.79 Å². The first kappa shape index (κ1) is 15.0. The minimum atomic E-state index is 0.323. The second-order valence-corrected chi connectivity index (χ2v) is 5.87. The molecular weight excluding hydrogens is 244 g/mol. The average Bonchev–Trinajstić information content (AvgIpc) is 2.52. The fraction of sp³-hybridized carbons (Fsp3) is 0.526. The molecule has 1 aromatic carbocycles. The fourth-order valence-electron chi connectivity index (χ4n) is 2.98. The molecule has 0 atom stereocenters. The van der Waals surface area contributed by atoms with Gasteiger partial charge in [-0.1, -0.05) is 69.0 Å². The lowest BCUT2D eigenvalue weighted by molar-refractivity contribution is -0.113. The normalized spacial score (nSPS) is 17.1. The first-order chi connectivity index (χ1) is 9.81. The Morgan fingerprint density at radius 1 is 1.15 bits per heavy atom. The maximum atomic E-state index is 12.5. The number of rotatable bonds is 6. The van der Waals surface area contributed by atoms with E-state index in [0.717, 1.165) is 24.0 Å². The molecule has 1 aliphatic carbocycles. The number of hydrogen-bond acceptors (Lipinski definition) is 1. The van der Waals surface area contributed by atoms with E-state index in [1.54, 1.807) is 0 Å². The molecule has 0 amide bonds. The van der Waals surface area contributed by atoms with Crippen molar-refractivity contribution in [2.75, 3.05) is 0 Å². The smallest absolute Gasteiger partial charge is 0.163 e. The molecule has 2 rings (SSSR count). The summed E-state index contributed by atoms with van der Waals surface area (Å²) >= 11 is 0. The average molecular weight is 270 g/mol. The first-order valence-corrected chi connectivity index (χ1v) is 8.11. The largest absolute Gasteiger partial charge is 0.294 e. The van der Waals surface area contributed by atoms with E-state index in [9.17, 15) is 4.79 Å². The molecule has 20 heavy (non-hydrogen) atoms. The van der Waals surface area contributed by atoms with Gasteiger partial charge >= 0.3 is 0 Å². The summed E-state index contributed by atoms with van der Waals surface area (Å²) in [6.45, 7) is 2.14. The Bertz CT molecular complexity index is 438. The highest BCUT2D eigenvalue weighted by Crippen LogP contribution is 2.29. The summed E-state index contributed by atoms with van der Waals surface area (Å²) in [5.74, 6) is 0.924. The van der Waals surface area contributed by atoms with Crippen molar-refractivity contribution in [3.05, 3.63) is 42.0 Å². The highest BCUT2D eigenvalue weighted by Gasteiger charge is 2.16. The molecule has 0 radical (unpaired) electrons. The van der Waals surface area contributed by atoms with Crippen LogP contribution in [0.15, 0.2) is 36.4 Å².